The minimum Gasteiger partial charge on any atom is -0.477 e. The third-order valence-corrected chi connectivity index (χ3v) is 4.43. The monoisotopic (exact) mass is 270 g/mol. The van der Waals surface area contributed by atoms with E-state index in [1.807, 2.05) is 14.1 Å². The van der Waals surface area contributed by atoms with Gasteiger partial charge in [-0.2, -0.15) is 0 Å². The fourth-order valence-corrected chi connectivity index (χ4v) is 3.16. The van der Waals surface area contributed by atoms with Crippen LogP contribution in [0.3, 0.4) is 0 Å². The molecule has 1 rings (SSSR count). The van der Waals surface area contributed by atoms with Crippen LogP contribution in [0.25, 0.3) is 0 Å². The predicted molar refractivity (Wildman–Crippen MR) is 79.1 cm³/mol. The number of carbonyl (C=O) groups is 1. The molecule has 0 aromatic heterocycles. The minimum absolute atomic E-state index is 0.243. The Morgan fingerprint density at radius 2 is 1.47 bits per heavy atom. The number of aliphatic carboxylic acids is 1. The number of likely N-dealkylation sites (N-methyl/N-ethyl adjacent to an activating group) is 1. The Kier molecular flexibility index (Phi) is 7.44. The highest BCUT2D eigenvalue weighted by Gasteiger charge is 2.21. The van der Waals surface area contributed by atoms with E-state index in [0.29, 0.717) is 4.48 Å². The highest BCUT2D eigenvalue weighted by Crippen LogP contribution is 2.24. The van der Waals surface area contributed by atoms with Crippen LogP contribution in [0, 0.1) is 5.92 Å². The van der Waals surface area contributed by atoms with Crippen molar-refractivity contribution in [3.05, 3.63) is 0 Å². The summed E-state index contributed by atoms with van der Waals surface area (Å²) < 4.78 is 0.617. The lowest BCUT2D eigenvalue weighted by atomic mass is 9.89. The van der Waals surface area contributed by atoms with Gasteiger partial charge in [-0.25, -0.2) is 4.79 Å². The van der Waals surface area contributed by atoms with Crippen LogP contribution in [0.1, 0.15) is 64.2 Å². The summed E-state index contributed by atoms with van der Waals surface area (Å²) in [5.41, 5.74) is 0. The summed E-state index contributed by atoms with van der Waals surface area (Å²) in [6.45, 7) is 1.24. The first-order valence-electron chi connectivity index (χ1n) is 8.03. The van der Waals surface area contributed by atoms with Gasteiger partial charge in [-0.1, -0.05) is 57.8 Å². The molecule has 0 bridgehead atoms. The lowest BCUT2D eigenvalue weighted by Gasteiger charge is -2.30. The third-order valence-electron chi connectivity index (χ3n) is 4.43. The average Bonchev–Trinajstić information content (AvgIpc) is 2.32. The van der Waals surface area contributed by atoms with Gasteiger partial charge < -0.3 is 9.59 Å². The maximum Gasteiger partial charge on any atom is 0.359 e. The van der Waals surface area contributed by atoms with Gasteiger partial charge in [0, 0.05) is 0 Å². The SMILES string of the molecule is C[N+](C)(CCC1CCCCCCCCC1)CC(=O)O. The molecular weight excluding hydrogens is 238 g/mol. The van der Waals surface area contributed by atoms with Crippen molar-refractivity contribution in [3.63, 3.8) is 0 Å². The zero-order valence-electron chi connectivity index (χ0n) is 12.9. The molecule has 112 valence electrons. The highest BCUT2D eigenvalue weighted by molar-refractivity contribution is 5.67. The first-order chi connectivity index (χ1) is 8.99. The molecule has 19 heavy (non-hydrogen) atoms. The molecule has 0 aliphatic heterocycles. The quantitative estimate of drug-likeness (QED) is 0.774. The van der Waals surface area contributed by atoms with E-state index in [1.54, 1.807) is 0 Å². The van der Waals surface area contributed by atoms with E-state index >= 15 is 0 Å². The summed E-state index contributed by atoms with van der Waals surface area (Å²) in [6.07, 6.45) is 13.7. The van der Waals surface area contributed by atoms with Gasteiger partial charge in [-0.3, -0.25) is 0 Å². The van der Waals surface area contributed by atoms with E-state index in [0.717, 1.165) is 12.5 Å². The summed E-state index contributed by atoms with van der Waals surface area (Å²) in [5.74, 6) is 0.139. The molecule has 1 aliphatic rings. The topological polar surface area (TPSA) is 37.3 Å². The van der Waals surface area contributed by atoms with Gasteiger partial charge in [0.15, 0.2) is 6.54 Å². The number of carboxylic acids is 1. The number of rotatable bonds is 5. The maximum atomic E-state index is 10.8. The maximum absolute atomic E-state index is 10.8. The second-order valence-corrected chi connectivity index (χ2v) is 6.92. The summed E-state index contributed by atoms with van der Waals surface area (Å²) in [5, 5.41) is 8.92. The molecule has 1 fully saturated rings. The number of hydrogen-bond donors (Lipinski definition) is 1. The van der Waals surface area contributed by atoms with Gasteiger partial charge in [0.1, 0.15) is 0 Å². The van der Waals surface area contributed by atoms with Crippen molar-refractivity contribution in [3.8, 4) is 0 Å². The first kappa shape index (κ1) is 16.5. The molecular formula is C16H32NO2+. The number of carboxylic acid groups (broad SMARTS) is 1. The van der Waals surface area contributed by atoms with Gasteiger partial charge in [0.05, 0.1) is 20.6 Å². The fraction of sp³-hybridized carbons (Fsp3) is 0.938. The Hall–Kier alpha value is -0.570. The van der Waals surface area contributed by atoms with Gasteiger partial charge in [-0.05, 0) is 12.3 Å². The van der Waals surface area contributed by atoms with Crippen molar-refractivity contribution in [2.75, 3.05) is 27.2 Å². The van der Waals surface area contributed by atoms with E-state index in [9.17, 15) is 4.79 Å². The fourth-order valence-electron chi connectivity index (χ4n) is 3.16. The second-order valence-electron chi connectivity index (χ2n) is 6.92. The van der Waals surface area contributed by atoms with Crippen LogP contribution in [0.2, 0.25) is 0 Å². The molecule has 1 saturated carbocycles. The number of quaternary nitrogens is 1. The Labute approximate surface area is 118 Å². The molecule has 0 aromatic carbocycles. The summed E-state index contributed by atoms with van der Waals surface area (Å²) in [4.78, 5) is 10.8. The van der Waals surface area contributed by atoms with Crippen LogP contribution in [-0.4, -0.2) is 42.7 Å². The molecule has 1 aliphatic carbocycles. The van der Waals surface area contributed by atoms with Gasteiger partial charge >= 0.3 is 5.97 Å². The Morgan fingerprint density at radius 1 is 1.00 bits per heavy atom. The van der Waals surface area contributed by atoms with Crippen LogP contribution in [0.4, 0.5) is 0 Å². The van der Waals surface area contributed by atoms with Gasteiger partial charge in [-0.15, -0.1) is 0 Å². The molecule has 3 heteroatoms. The zero-order chi connectivity index (χ0) is 14.1. The molecule has 0 radical (unpaired) electrons. The standard InChI is InChI=1S/C16H31NO2/c1-17(2,14-16(18)19)13-12-15-10-8-6-4-3-5-7-9-11-15/h15H,3-14H2,1-2H3/p+1. The number of hydrogen-bond acceptors (Lipinski definition) is 1. The van der Waals surface area contributed by atoms with E-state index in [4.69, 9.17) is 5.11 Å². The lowest BCUT2D eigenvalue weighted by Crippen LogP contribution is -2.45. The Bertz CT molecular complexity index is 253. The second kappa shape index (κ2) is 8.57. The molecule has 0 heterocycles. The largest absolute Gasteiger partial charge is 0.477 e. The molecule has 1 N–H and O–H groups in total. The van der Waals surface area contributed by atoms with Gasteiger partial charge in [0.25, 0.3) is 0 Å². The van der Waals surface area contributed by atoms with Crippen LogP contribution in [0.5, 0.6) is 0 Å². The van der Waals surface area contributed by atoms with E-state index < -0.39 is 5.97 Å². The van der Waals surface area contributed by atoms with E-state index in [1.165, 1.54) is 64.2 Å². The molecule has 0 aromatic rings. The van der Waals surface area contributed by atoms with Crippen molar-refractivity contribution in [1.82, 2.24) is 0 Å². The molecule has 0 saturated heterocycles. The molecule has 0 atom stereocenters. The molecule has 0 spiro atoms. The molecule has 0 amide bonds. The first-order valence-corrected chi connectivity index (χ1v) is 8.03. The Morgan fingerprint density at radius 3 is 1.95 bits per heavy atom. The van der Waals surface area contributed by atoms with Gasteiger partial charge in [0.2, 0.25) is 0 Å². The van der Waals surface area contributed by atoms with Crippen molar-refractivity contribution in [2.45, 2.75) is 64.2 Å². The van der Waals surface area contributed by atoms with Crippen LogP contribution < -0.4 is 0 Å². The Balaban J connectivity index is 2.33. The van der Waals surface area contributed by atoms with Crippen molar-refractivity contribution >= 4 is 5.97 Å². The van der Waals surface area contributed by atoms with Crippen LogP contribution in [0.15, 0.2) is 0 Å². The predicted octanol–water partition coefficient (Wildman–Crippen LogP) is 3.68. The van der Waals surface area contributed by atoms with Crippen LogP contribution >= 0.6 is 0 Å². The van der Waals surface area contributed by atoms with E-state index in [-0.39, 0.29) is 6.54 Å². The van der Waals surface area contributed by atoms with E-state index in [2.05, 4.69) is 0 Å². The lowest BCUT2D eigenvalue weighted by molar-refractivity contribution is -0.883. The van der Waals surface area contributed by atoms with Crippen molar-refractivity contribution < 1.29 is 14.4 Å². The smallest absolute Gasteiger partial charge is 0.359 e. The van der Waals surface area contributed by atoms with Crippen molar-refractivity contribution in [1.29, 1.82) is 0 Å². The molecule has 0 unspecified atom stereocenters. The molecule has 3 nitrogen and oxygen atoms in total. The summed E-state index contributed by atoms with van der Waals surface area (Å²) in [7, 11) is 4.07. The summed E-state index contributed by atoms with van der Waals surface area (Å²) in [6, 6.07) is 0. The third kappa shape index (κ3) is 8.25. The normalized spacial score (nSPS) is 20.1. The minimum atomic E-state index is -0.684. The summed E-state index contributed by atoms with van der Waals surface area (Å²) >= 11 is 0. The van der Waals surface area contributed by atoms with Crippen LogP contribution in [-0.2, 0) is 4.79 Å². The highest BCUT2D eigenvalue weighted by atomic mass is 16.4. The average molecular weight is 270 g/mol. The zero-order valence-corrected chi connectivity index (χ0v) is 12.9. The van der Waals surface area contributed by atoms with Crippen molar-refractivity contribution in [2.24, 2.45) is 5.92 Å². The number of nitrogens with zero attached hydrogens (tertiary/aromatic N) is 1.